The van der Waals surface area contributed by atoms with E-state index in [2.05, 4.69) is 4.98 Å². The fourth-order valence-electron chi connectivity index (χ4n) is 1.21. The highest BCUT2D eigenvalue weighted by atomic mass is 16.4. The Morgan fingerprint density at radius 2 is 1.78 bits per heavy atom. The van der Waals surface area contributed by atoms with Gasteiger partial charge in [0.15, 0.2) is 0 Å². The summed E-state index contributed by atoms with van der Waals surface area (Å²) in [6.45, 7) is -0.517. The average Bonchev–Trinajstić information content (AvgIpc) is 2.38. The largest absolute Gasteiger partial charge is 0.477 e. The molecule has 1 aromatic heterocycles. The van der Waals surface area contributed by atoms with Gasteiger partial charge in [0.1, 0.15) is 24.5 Å². The Bertz CT molecular complexity index is 540. The second-order valence-corrected chi connectivity index (χ2v) is 3.19. The van der Waals surface area contributed by atoms with Gasteiger partial charge in [-0.15, -0.1) is 0 Å². The van der Waals surface area contributed by atoms with Gasteiger partial charge in [0.05, 0.1) is 12.1 Å². The molecule has 0 saturated carbocycles. The summed E-state index contributed by atoms with van der Waals surface area (Å²) >= 11 is 0. The Hall–Kier alpha value is -2.93. The number of aromatic nitrogens is 1. The van der Waals surface area contributed by atoms with Gasteiger partial charge in [-0.1, -0.05) is 6.07 Å². The van der Waals surface area contributed by atoms with Gasteiger partial charge >= 0.3 is 5.97 Å². The second kappa shape index (κ2) is 5.97. The van der Waals surface area contributed by atoms with E-state index in [-0.39, 0.29) is 24.5 Å². The first-order valence-corrected chi connectivity index (χ1v) is 4.83. The first-order chi connectivity index (χ1) is 8.60. The minimum absolute atomic E-state index is 0.111. The Labute approximate surface area is 103 Å². The number of carboxylic acid groups (broad SMARTS) is 1. The molecule has 0 spiro atoms. The Morgan fingerprint density at radius 3 is 2.28 bits per heavy atom. The number of carbonyl (C=O) groups is 2. The van der Waals surface area contributed by atoms with Crippen molar-refractivity contribution in [3.63, 3.8) is 0 Å². The molecule has 0 unspecified atom stereocenters. The van der Waals surface area contributed by atoms with Gasteiger partial charge in [-0.3, -0.25) is 4.79 Å². The van der Waals surface area contributed by atoms with E-state index in [0.717, 1.165) is 4.90 Å². The summed E-state index contributed by atoms with van der Waals surface area (Å²) in [6.07, 6.45) is 0. The normalized spacial score (nSPS) is 9.00. The minimum atomic E-state index is -1.25. The number of amides is 1. The molecule has 7 nitrogen and oxygen atoms in total. The minimum Gasteiger partial charge on any atom is -0.477 e. The van der Waals surface area contributed by atoms with Crippen LogP contribution in [0.1, 0.15) is 21.0 Å². The molecule has 0 aliphatic carbocycles. The van der Waals surface area contributed by atoms with Gasteiger partial charge in [0.2, 0.25) is 0 Å². The molecule has 1 aromatic rings. The molecule has 0 bridgehead atoms. The molecule has 0 aliphatic rings. The predicted molar refractivity (Wildman–Crippen MR) is 58.3 cm³/mol. The quantitative estimate of drug-likeness (QED) is 0.759. The van der Waals surface area contributed by atoms with Crippen LogP contribution in [0, 0.1) is 22.7 Å². The lowest BCUT2D eigenvalue weighted by molar-refractivity contribution is 0.0690. The Kier molecular flexibility index (Phi) is 4.35. The van der Waals surface area contributed by atoms with Crippen molar-refractivity contribution in [2.75, 3.05) is 13.1 Å². The van der Waals surface area contributed by atoms with Crippen LogP contribution in [-0.4, -0.2) is 40.0 Å². The molecule has 1 rings (SSSR count). The lowest BCUT2D eigenvalue weighted by Gasteiger charge is -2.14. The Balaban J connectivity index is 3.02. The van der Waals surface area contributed by atoms with Gasteiger partial charge in [-0.25, -0.2) is 9.78 Å². The molecule has 18 heavy (non-hydrogen) atoms. The van der Waals surface area contributed by atoms with E-state index < -0.39 is 11.9 Å². The summed E-state index contributed by atoms with van der Waals surface area (Å²) in [6, 6.07) is 7.45. The van der Waals surface area contributed by atoms with Gasteiger partial charge in [-0.2, -0.15) is 10.5 Å². The summed E-state index contributed by atoms with van der Waals surface area (Å²) in [5, 5.41) is 25.8. The number of rotatable bonds is 4. The summed E-state index contributed by atoms with van der Waals surface area (Å²) in [7, 11) is 0. The predicted octanol–water partition coefficient (Wildman–Crippen LogP) is 0.269. The maximum absolute atomic E-state index is 11.9. The third-order valence-electron chi connectivity index (χ3n) is 2.00. The van der Waals surface area contributed by atoms with Crippen molar-refractivity contribution >= 4 is 11.9 Å². The van der Waals surface area contributed by atoms with Crippen LogP contribution in [0.5, 0.6) is 0 Å². The van der Waals surface area contributed by atoms with Gasteiger partial charge in [0, 0.05) is 0 Å². The molecular formula is C11H8N4O3. The molecular weight excluding hydrogens is 236 g/mol. The number of hydrogen-bond acceptors (Lipinski definition) is 5. The topological polar surface area (TPSA) is 118 Å². The van der Waals surface area contributed by atoms with Gasteiger partial charge in [-0.05, 0) is 12.1 Å². The van der Waals surface area contributed by atoms with E-state index in [1.54, 1.807) is 12.1 Å². The van der Waals surface area contributed by atoms with Gasteiger partial charge < -0.3 is 10.0 Å². The maximum Gasteiger partial charge on any atom is 0.354 e. The zero-order valence-electron chi connectivity index (χ0n) is 9.20. The van der Waals surface area contributed by atoms with Crippen molar-refractivity contribution in [2.24, 2.45) is 0 Å². The van der Waals surface area contributed by atoms with Crippen LogP contribution >= 0.6 is 0 Å². The number of hydrogen-bond donors (Lipinski definition) is 1. The fourth-order valence-corrected chi connectivity index (χ4v) is 1.21. The van der Waals surface area contributed by atoms with E-state index >= 15 is 0 Å². The van der Waals surface area contributed by atoms with Crippen molar-refractivity contribution < 1.29 is 14.7 Å². The molecule has 0 saturated heterocycles. The summed E-state index contributed by atoms with van der Waals surface area (Å²) in [5.41, 5.74) is -0.380. The molecule has 0 radical (unpaired) electrons. The monoisotopic (exact) mass is 244 g/mol. The van der Waals surface area contributed by atoms with Crippen LogP contribution in [0.2, 0.25) is 0 Å². The number of carbonyl (C=O) groups excluding carboxylic acids is 1. The number of pyridine rings is 1. The number of aromatic carboxylic acids is 1. The number of carboxylic acids is 1. The van der Waals surface area contributed by atoms with E-state index in [1.807, 2.05) is 0 Å². The van der Waals surface area contributed by atoms with Crippen molar-refractivity contribution in [2.45, 2.75) is 0 Å². The molecule has 90 valence electrons. The highest BCUT2D eigenvalue weighted by Crippen LogP contribution is 2.04. The zero-order chi connectivity index (χ0) is 13.5. The lowest BCUT2D eigenvalue weighted by Crippen LogP contribution is -2.32. The molecule has 0 aromatic carbocycles. The Morgan fingerprint density at radius 1 is 1.22 bits per heavy atom. The average molecular weight is 244 g/mol. The SMILES string of the molecule is N#CCN(CC#N)C(=O)c1cccc(C(=O)O)n1. The smallest absolute Gasteiger partial charge is 0.354 e. The molecule has 0 fully saturated rings. The van der Waals surface area contributed by atoms with Gasteiger partial charge in [0.25, 0.3) is 5.91 Å². The summed E-state index contributed by atoms with van der Waals surface area (Å²) < 4.78 is 0. The van der Waals surface area contributed by atoms with E-state index in [9.17, 15) is 9.59 Å². The first kappa shape index (κ1) is 13.1. The van der Waals surface area contributed by atoms with E-state index in [0.29, 0.717) is 0 Å². The second-order valence-electron chi connectivity index (χ2n) is 3.19. The first-order valence-electron chi connectivity index (χ1n) is 4.83. The third kappa shape index (κ3) is 3.03. The van der Waals surface area contributed by atoms with Crippen LogP contribution < -0.4 is 0 Å². The van der Waals surface area contributed by atoms with Crippen LogP contribution in [0.4, 0.5) is 0 Å². The molecule has 1 heterocycles. The maximum atomic E-state index is 11.9. The van der Waals surface area contributed by atoms with Crippen LogP contribution in [-0.2, 0) is 0 Å². The van der Waals surface area contributed by atoms with Crippen molar-refractivity contribution in [1.29, 1.82) is 10.5 Å². The van der Waals surface area contributed by atoms with Crippen molar-refractivity contribution in [3.8, 4) is 12.1 Å². The number of nitriles is 2. The molecule has 0 aliphatic heterocycles. The molecule has 1 amide bonds. The third-order valence-corrected chi connectivity index (χ3v) is 2.00. The number of nitrogens with zero attached hydrogens (tertiary/aromatic N) is 4. The van der Waals surface area contributed by atoms with Crippen LogP contribution in [0.3, 0.4) is 0 Å². The van der Waals surface area contributed by atoms with Crippen molar-refractivity contribution in [1.82, 2.24) is 9.88 Å². The van der Waals surface area contributed by atoms with E-state index in [4.69, 9.17) is 15.6 Å². The highest BCUT2D eigenvalue weighted by Gasteiger charge is 2.17. The summed E-state index contributed by atoms with van der Waals surface area (Å²) in [4.78, 5) is 27.2. The van der Waals surface area contributed by atoms with E-state index in [1.165, 1.54) is 18.2 Å². The van der Waals surface area contributed by atoms with Crippen molar-refractivity contribution in [3.05, 3.63) is 29.6 Å². The summed E-state index contributed by atoms with van der Waals surface area (Å²) in [5.74, 6) is -1.90. The van der Waals surface area contributed by atoms with Crippen LogP contribution in [0.25, 0.3) is 0 Å². The highest BCUT2D eigenvalue weighted by molar-refractivity contribution is 5.94. The van der Waals surface area contributed by atoms with Crippen LogP contribution in [0.15, 0.2) is 18.2 Å². The fraction of sp³-hybridized carbons (Fsp3) is 0.182. The zero-order valence-corrected chi connectivity index (χ0v) is 9.20. The lowest BCUT2D eigenvalue weighted by atomic mass is 10.2. The molecule has 1 N–H and O–H groups in total. The molecule has 7 heteroatoms. The standard InChI is InChI=1S/C11H8N4O3/c12-4-6-15(7-5-13)10(16)8-2-1-3-9(14-8)11(17)18/h1-3H,6-7H2,(H,17,18). The molecule has 0 atom stereocenters.